The zero-order valence-corrected chi connectivity index (χ0v) is 12.4. The Balaban J connectivity index is 2.29. The quantitative estimate of drug-likeness (QED) is 0.492. The molecule has 0 heterocycles. The Bertz CT molecular complexity index is 615. The Morgan fingerprint density at radius 3 is 2.59 bits per heavy atom. The monoisotopic (exact) mass is 305 g/mol. The van der Waals surface area contributed by atoms with E-state index < -0.39 is 4.92 Å². The lowest BCUT2D eigenvalue weighted by molar-refractivity contribution is -0.384. The lowest BCUT2D eigenvalue weighted by Gasteiger charge is -2.30. The fourth-order valence-corrected chi connectivity index (χ4v) is 2.87. The lowest BCUT2D eigenvalue weighted by atomic mass is 9.84. The predicted molar refractivity (Wildman–Crippen MR) is 81.7 cm³/mol. The second-order valence-electron chi connectivity index (χ2n) is 5.59. The van der Waals surface area contributed by atoms with Crippen LogP contribution in [-0.4, -0.2) is 22.7 Å². The van der Waals surface area contributed by atoms with Crippen molar-refractivity contribution in [3.8, 4) is 0 Å². The molecule has 7 heteroatoms. The number of benzene rings is 1. The minimum atomic E-state index is -0.531. The molecule has 2 unspecified atom stereocenters. The number of nitrogens with zero attached hydrogens (tertiary/aromatic N) is 1. The van der Waals surface area contributed by atoms with E-state index in [9.17, 15) is 19.7 Å². The van der Waals surface area contributed by atoms with Crippen LogP contribution in [0.1, 0.15) is 43.0 Å². The highest BCUT2D eigenvalue weighted by Crippen LogP contribution is 2.31. The molecule has 2 atom stereocenters. The molecule has 1 amide bonds. The summed E-state index contributed by atoms with van der Waals surface area (Å²) in [6.07, 6.45) is 3.30. The third-order valence-electron chi connectivity index (χ3n) is 4.07. The van der Waals surface area contributed by atoms with E-state index in [1.165, 1.54) is 19.1 Å². The summed E-state index contributed by atoms with van der Waals surface area (Å²) in [6, 6.07) is 4.10. The van der Waals surface area contributed by atoms with Gasteiger partial charge in [-0.05, 0) is 31.9 Å². The zero-order chi connectivity index (χ0) is 16.3. The normalized spacial score (nSPS) is 21.1. The number of Topliss-reactive ketones (excluding diaryl/α,β-unsaturated/α-hetero) is 1. The summed E-state index contributed by atoms with van der Waals surface area (Å²) in [5, 5.41) is 14.3. The number of ketones is 1. The summed E-state index contributed by atoms with van der Waals surface area (Å²) >= 11 is 0. The van der Waals surface area contributed by atoms with Gasteiger partial charge in [0.1, 0.15) is 5.69 Å². The van der Waals surface area contributed by atoms with Crippen LogP contribution in [0, 0.1) is 16.0 Å². The molecular weight excluding hydrogens is 286 g/mol. The summed E-state index contributed by atoms with van der Waals surface area (Å²) in [4.78, 5) is 33.6. The van der Waals surface area contributed by atoms with Crippen molar-refractivity contribution >= 4 is 23.1 Å². The molecule has 0 spiro atoms. The standard InChI is InChI=1S/C15H19N3O4/c1-9(19)10-6-7-13(14(8-10)18(21)22)17-12-5-3-2-4-11(12)15(16)20/h6-8,11-12,17H,2-5H2,1H3,(H2,16,20). The van der Waals surface area contributed by atoms with Crippen molar-refractivity contribution in [1.29, 1.82) is 0 Å². The van der Waals surface area contributed by atoms with E-state index in [0.717, 1.165) is 19.3 Å². The maximum absolute atomic E-state index is 11.5. The average Bonchev–Trinajstić information content (AvgIpc) is 2.47. The Kier molecular flexibility index (Phi) is 4.75. The van der Waals surface area contributed by atoms with Gasteiger partial charge < -0.3 is 11.1 Å². The van der Waals surface area contributed by atoms with Gasteiger partial charge in [-0.25, -0.2) is 0 Å². The third kappa shape index (κ3) is 3.41. The Morgan fingerprint density at radius 1 is 1.32 bits per heavy atom. The summed E-state index contributed by atoms with van der Waals surface area (Å²) < 4.78 is 0. The molecule has 0 aromatic heterocycles. The van der Waals surface area contributed by atoms with Crippen molar-refractivity contribution in [1.82, 2.24) is 0 Å². The SMILES string of the molecule is CC(=O)c1ccc(NC2CCCCC2C(N)=O)c([N+](=O)[O-])c1. The fraction of sp³-hybridized carbons (Fsp3) is 0.467. The molecule has 1 fully saturated rings. The van der Waals surface area contributed by atoms with E-state index in [0.29, 0.717) is 12.1 Å². The maximum Gasteiger partial charge on any atom is 0.293 e. The van der Waals surface area contributed by atoms with Crippen molar-refractivity contribution in [2.24, 2.45) is 11.7 Å². The van der Waals surface area contributed by atoms with Crippen molar-refractivity contribution in [2.45, 2.75) is 38.6 Å². The third-order valence-corrected chi connectivity index (χ3v) is 4.07. The van der Waals surface area contributed by atoms with Crippen LogP contribution >= 0.6 is 0 Å². The number of nitrogens with two attached hydrogens (primary N) is 1. The second-order valence-corrected chi connectivity index (χ2v) is 5.59. The second kappa shape index (κ2) is 6.55. The van der Waals surface area contributed by atoms with Gasteiger partial charge in [0.25, 0.3) is 5.69 Å². The maximum atomic E-state index is 11.5. The Morgan fingerprint density at radius 2 is 2.00 bits per heavy atom. The van der Waals surface area contributed by atoms with Crippen LogP contribution in [0.5, 0.6) is 0 Å². The average molecular weight is 305 g/mol. The molecule has 118 valence electrons. The van der Waals surface area contributed by atoms with E-state index in [1.807, 2.05) is 0 Å². The molecule has 0 bridgehead atoms. The van der Waals surface area contributed by atoms with Crippen LogP contribution in [0.2, 0.25) is 0 Å². The Labute approximate surface area is 128 Å². The molecule has 1 aliphatic carbocycles. The number of nitrogens with one attached hydrogen (secondary N) is 1. The highest BCUT2D eigenvalue weighted by molar-refractivity contribution is 5.95. The van der Waals surface area contributed by atoms with Crippen LogP contribution in [0.3, 0.4) is 0 Å². The molecule has 0 aliphatic heterocycles. The molecule has 7 nitrogen and oxygen atoms in total. The zero-order valence-electron chi connectivity index (χ0n) is 12.4. The lowest BCUT2D eigenvalue weighted by Crippen LogP contribution is -2.40. The van der Waals surface area contributed by atoms with Gasteiger partial charge in [0, 0.05) is 17.7 Å². The number of amides is 1. The van der Waals surface area contributed by atoms with Crippen molar-refractivity contribution < 1.29 is 14.5 Å². The van der Waals surface area contributed by atoms with Gasteiger partial charge in [-0.2, -0.15) is 0 Å². The smallest absolute Gasteiger partial charge is 0.293 e. The van der Waals surface area contributed by atoms with Crippen LogP contribution in [0.15, 0.2) is 18.2 Å². The molecule has 1 aromatic rings. The number of nitro benzene ring substituents is 1. The van der Waals surface area contributed by atoms with E-state index >= 15 is 0 Å². The minimum absolute atomic E-state index is 0.165. The van der Waals surface area contributed by atoms with Gasteiger partial charge in [-0.3, -0.25) is 19.7 Å². The summed E-state index contributed by atoms with van der Waals surface area (Å²) in [5.74, 6) is -0.955. The predicted octanol–water partition coefficient (Wildman–Crippen LogP) is 2.25. The number of nitro groups is 1. The van der Waals surface area contributed by atoms with Gasteiger partial charge in [0.05, 0.1) is 10.8 Å². The minimum Gasteiger partial charge on any atom is -0.376 e. The summed E-state index contributed by atoms with van der Waals surface area (Å²) in [5.41, 5.74) is 5.85. The largest absolute Gasteiger partial charge is 0.376 e. The number of rotatable bonds is 5. The first kappa shape index (κ1) is 15.9. The molecule has 3 N–H and O–H groups in total. The van der Waals surface area contributed by atoms with Gasteiger partial charge in [-0.1, -0.05) is 12.8 Å². The molecule has 1 aromatic carbocycles. The first-order valence-corrected chi connectivity index (χ1v) is 7.25. The highest BCUT2D eigenvalue weighted by atomic mass is 16.6. The fourth-order valence-electron chi connectivity index (χ4n) is 2.87. The van der Waals surface area contributed by atoms with E-state index in [-0.39, 0.29) is 34.9 Å². The van der Waals surface area contributed by atoms with Gasteiger partial charge in [0.2, 0.25) is 5.91 Å². The van der Waals surface area contributed by atoms with Gasteiger partial charge >= 0.3 is 0 Å². The van der Waals surface area contributed by atoms with Gasteiger partial charge in [0.15, 0.2) is 5.78 Å². The molecule has 1 saturated carbocycles. The van der Waals surface area contributed by atoms with Crippen LogP contribution in [-0.2, 0) is 4.79 Å². The first-order valence-electron chi connectivity index (χ1n) is 7.25. The summed E-state index contributed by atoms with van der Waals surface area (Å²) in [6.45, 7) is 1.36. The van der Waals surface area contributed by atoms with E-state index in [4.69, 9.17) is 5.73 Å². The topological polar surface area (TPSA) is 115 Å². The molecule has 1 aliphatic rings. The van der Waals surface area contributed by atoms with Crippen molar-refractivity contribution in [3.63, 3.8) is 0 Å². The number of hydrogen-bond acceptors (Lipinski definition) is 5. The van der Waals surface area contributed by atoms with Crippen molar-refractivity contribution in [2.75, 3.05) is 5.32 Å². The number of carbonyl (C=O) groups excluding carboxylic acids is 2. The number of primary amides is 1. The Hall–Kier alpha value is -2.44. The molecular formula is C15H19N3O4. The number of hydrogen-bond donors (Lipinski definition) is 2. The number of carbonyl (C=O) groups is 2. The number of anilines is 1. The molecule has 0 saturated heterocycles. The molecule has 2 rings (SSSR count). The first-order chi connectivity index (χ1) is 10.4. The molecule has 22 heavy (non-hydrogen) atoms. The highest BCUT2D eigenvalue weighted by Gasteiger charge is 2.30. The van der Waals surface area contributed by atoms with E-state index in [1.54, 1.807) is 6.07 Å². The van der Waals surface area contributed by atoms with E-state index in [2.05, 4.69) is 5.32 Å². The van der Waals surface area contributed by atoms with Crippen LogP contribution in [0.4, 0.5) is 11.4 Å². The summed E-state index contributed by atoms with van der Waals surface area (Å²) in [7, 11) is 0. The van der Waals surface area contributed by atoms with Crippen LogP contribution in [0.25, 0.3) is 0 Å². The molecule has 0 radical (unpaired) electrons. The van der Waals surface area contributed by atoms with Crippen LogP contribution < -0.4 is 11.1 Å². The van der Waals surface area contributed by atoms with Gasteiger partial charge in [-0.15, -0.1) is 0 Å². The van der Waals surface area contributed by atoms with Crippen molar-refractivity contribution in [3.05, 3.63) is 33.9 Å².